The van der Waals surface area contributed by atoms with Crippen LogP contribution in [0.3, 0.4) is 0 Å². The lowest BCUT2D eigenvalue weighted by Gasteiger charge is -2.42. The molecular formula is C23H40F2O. The molecular weight excluding hydrogens is 330 g/mol. The highest BCUT2D eigenvalue weighted by Gasteiger charge is 2.46. The molecule has 26 heavy (non-hydrogen) atoms. The van der Waals surface area contributed by atoms with E-state index in [4.69, 9.17) is 4.74 Å². The third-order valence-corrected chi connectivity index (χ3v) is 8.36. The van der Waals surface area contributed by atoms with Gasteiger partial charge in [-0.15, -0.1) is 0 Å². The largest absolute Gasteiger partial charge is 0.358 e. The van der Waals surface area contributed by atoms with Gasteiger partial charge in [-0.25, -0.2) is 0 Å². The van der Waals surface area contributed by atoms with Gasteiger partial charge in [0.15, 0.2) is 0 Å². The maximum absolute atomic E-state index is 14.8. The first-order chi connectivity index (χ1) is 12.3. The molecule has 3 aliphatic carbocycles. The van der Waals surface area contributed by atoms with E-state index in [1.54, 1.807) is 0 Å². The summed E-state index contributed by atoms with van der Waals surface area (Å²) in [5.74, 6) is 3.34. The van der Waals surface area contributed by atoms with Gasteiger partial charge in [0.2, 0.25) is 0 Å². The molecule has 3 heteroatoms. The fourth-order valence-corrected chi connectivity index (χ4v) is 6.01. The first kappa shape index (κ1) is 20.6. The summed E-state index contributed by atoms with van der Waals surface area (Å²) in [5, 5.41) is 0. The Kier molecular flexibility index (Phi) is 6.68. The molecule has 0 radical (unpaired) electrons. The zero-order chi connectivity index (χ0) is 18.9. The fourth-order valence-electron chi connectivity index (χ4n) is 6.01. The second-order valence-electron chi connectivity index (χ2n) is 10.2. The molecule has 0 aliphatic heterocycles. The van der Waals surface area contributed by atoms with E-state index in [0.717, 1.165) is 37.5 Å². The molecule has 0 aromatic heterocycles. The number of hydrogen-bond acceptors (Lipinski definition) is 1. The Hall–Kier alpha value is -0.180. The van der Waals surface area contributed by atoms with E-state index in [1.807, 2.05) is 0 Å². The lowest BCUT2D eigenvalue weighted by atomic mass is 9.69. The number of rotatable bonds is 4. The highest BCUT2D eigenvalue weighted by atomic mass is 19.3. The number of alkyl halides is 2. The van der Waals surface area contributed by atoms with Gasteiger partial charge in [-0.1, -0.05) is 40.5 Å². The van der Waals surface area contributed by atoms with E-state index in [0.29, 0.717) is 36.5 Å². The highest BCUT2D eigenvalue weighted by Crippen LogP contribution is 2.47. The van der Waals surface area contributed by atoms with Crippen LogP contribution in [0.1, 0.15) is 91.9 Å². The van der Waals surface area contributed by atoms with Crippen LogP contribution in [0, 0.1) is 41.4 Å². The third kappa shape index (κ3) is 4.80. The summed E-state index contributed by atoms with van der Waals surface area (Å²) < 4.78 is 35.2. The van der Waals surface area contributed by atoms with E-state index in [2.05, 4.69) is 27.7 Å². The van der Waals surface area contributed by atoms with Gasteiger partial charge in [-0.2, -0.15) is 8.78 Å². The van der Waals surface area contributed by atoms with Crippen LogP contribution in [0.2, 0.25) is 0 Å². The molecule has 152 valence electrons. The van der Waals surface area contributed by atoms with Gasteiger partial charge in [0.05, 0.1) is 12.0 Å². The molecule has 0 aromatic rings. The summed E-state index contributed by atoms with van der Waals surface area (Å²) in [4.78, 5) is 0. The van der Waals surface area contributed by atoms with Crippen molar-refractivity contribution in [3.05, 3.63) is 0 Å². The minimum Gasteiger partial charge on any atom is -0.317 e. The van der Waals surface area contributed by atoms with E-state index >= 15 is 0 Å². The first-order valence-corrected chi connectivity index (χ1v) is 11.3. The number of hydrogen-bond donors (Lipinski definition) is 0. The lowest BCUT2D eigenvalue weighted by Crippen LogP contribution is -2.42. The monoisotopic (exact) mass is 370 g/mol. The topological polar surface area (TPSA) is 9.23 Å². The Labute approximate surface area is 159 Å². The van der Waals surface area contributed by atoms with Gasteiger partial charge >= 0.3 is 6.11 Å². The van der Waals surface area contributed by atoms with E-state index in [9.17, 15) is 8.78 Å². The standard InChI is InChI=1S/C23H40F2O/c1-15-5-7-19(8-6-15)20-9-11-21(12-10-20)23(24,25)26-22-13-16(2)18(4)17(3)14-22/h15-22H,5-14H2,1-4H3. The SMILES string of the molecule is CC1CCC(C2CCC(C(F)(F)OC3CC(C)C(C)C(C)C3)CC2)CC1. The molecule has 2 atom stereocenters. The van der Waals surface area contributed by atoms with Crippen molar-refractivity contribution in [3.63, 3.8) is 0 Å². The molecule has 0 aromatic carbocycles. The van der Waals surface area contributed by atoms with E-state index in [-0.39, 0.29) is 6.10 Å². The van der Waals surface area contributed by atoms with E-state index in [1.165, 1.54) is 25.7 Å². The quantitative estimate of drug-likeness (QED) is 0.504. The fraction of sp³-hybridized carbons (Fsp3) is 1.00. The van der Waals surface area contributed by atoms with Crippen LogP contribution >= 0.6 is 0 Å². The molecule has 3 fully saturated rings. The van der Waals surface area contributed by atoms with Gasteiger partial charge in [-0.05, 0) is 86.9 Å². The Bertz CT molecular complexity index is 423. The second kappa shape index (κ2) is 8.45. The molecule has 0 saturated heterocycles. The lowest BCUT2D eigenvalue weighted by molar-refractivity contribution is -0.305. The minimum absolute atomic E-state index is 0.260. The van der Waals surface area contributed by atoms with Crippen molar-refractivity contribution in [2.24, 2.45) is 41.4 Å². The molecule has 0 amide bonds. The van der Waals surface area contributed by atoms with Crippen LogP contribution in [-0.4, -0.2) is 12.2 Å². The highest BCUT2D eigenvalue weighted by molar-refractivity contribution is 4.86. The molecule has 3 rings (SSSR count). The smallest absolute Gasteiger partial charge is 0.317 e. The summed E-state index contributed by atoms with van der Waals surface area (Å²) in [7, 11) is 0. The second-order valence-corrected chi connectivity index (χ2v) is 10.2. The first-order valence-electron chi connectivity index (χ1n) is 11.3. The van der Waals surface area contributed by atoms with Gasteiger partial charge in [0, 0.05) is 0 Å². The molecule has 0 spiro atoms. The molecule has 3 saturated carbocycles. The van der Waals surface area contributed by atoms with Crippen LogP contribution in [0.15, 0.2) is 0 Å². The van der Waals surface area contributed by atoms with Crippen molar-refractivity contribution < 1.29 is 13.5 Å². The van der Waals surface area contributed by atoms with E-state index < -0.39 is 12.0 Å². The van der Waals surface area contributed by atoms with Crippen LogP contribution < -0.4 is 0 Å². The zero-order valence-electron chi connectivity index (χ0n) is 17.4. The Balaban J connectivity index is 1.48. The average molecular weight is 371 g/mol. The van der Waals surface area contributed by atoms with Gasteiger partial charge < -0.3 is 4.74 Å². The summed E-state index contributed by atoms with van der Waals surface area (Å²) in [6.45, 7) is 8.96. The molecule has 2 unspecified atom stereocenters. The van der Waals surface area contributed by atoms with Crippen LogP contribution in [0.4, 0.5) is 8.78 Å². The van der Waals surface area contributed by atoms with Crippen LogP contribution in [-0.2, 0) is 4.74 Å². The van der Waals surface area contributed by atoms with Crippen molar-refractivity contribution in [3.8, 4) is 0 Å². The van der Waals surface area contributed by atoms with Crippen LogP contribution in [0.25, 0.3) is 0 Å². The summed E-state index contributed by atoms with van der Waals surface area (Å²) >= 11 is 0. The summed E-state index contributed by atoms with van der Waals surface area (Å²) in [5.41, 5.74) is 0. The summed E-state index contributed by atoms with van der Waals surface area (Å²) in [6, 6.07) is 0. The third-order valence-electron chi connectivity index (χ3n) is 8.36. The number of halogens is 2. The van der Waals surface area contributed by atoms with Crippen molar-refractivity contribution in [2.45, 2.75) is 104 Å². The minimum atomic E-state index is -2.93. The van der Waals surface area contributed by atoms with Crippen LogP contribution in [0.5, 0.6) is 0 Å². The normalized spacial score (nSPS) is 45.5. The number of ether oxygens (including phenoxy) is 1. The molecule has 3 aliphatic rings. The maximum atomic E-state index is 14.8. The molecule has 1 nitrogen and oxygen atoms in total. The average Bonchev–Trinajstić information content (AvgIpc) is 2.60. The zero-order valence-corrected chi connectivity index (χ0v) is 17.4. The Morgan fingerprint density at radius 3 is 1.65 bits per heavy atom. The van der Waals surface area contributed by atoms with Crippen molar-refractivity contribution in [1.29, 1.82) is 0 Å². The van der Waals surface area contributed by atoms with Crippen molar-refractivity contribution in [1.82, 2.24) is 0 Å². The van der Waals surface area contributed by atoms with Crippen molar-refractivity contribution >= 4 is 0 Å². The predicted octanol–water partition coefficient (Wildman–Crippen LogP) is 7.30. The molecule has 0 N–H and O–H groups in total. The summed E-state index contributed by atoms with van der Waals surface area (Å²) in [6.07, 6.45) is 6.96. The van der Waals surface area contributed by atoms with Gasteiger partial charge in [0.25, 0.3) is 0 Å². The predicted molar refractivity (Wildman–Crippen MR) is 103 cm³/mol. The van der Waals surface area contributed by atoms with Gasteiger partial charge in [0.1, 0.15) is 0 Å². The van der Waals surface area contributed by atoms with Gasteiger partial charge in [-0.3, -0.25) is 0 Å². The molecule has 0 bridgehead atoms. The Morgan fingerprint density at radius 2 is 1.15 bits per heavy atom. The van der Waals surface area contributed by atoms with Crippen molar-refractivity contribution in [2.75, 3.05) is 0 Å². The maximum Gasteiger partial charge on any atom is 0.358 e. The Morgan fingerprint density at radius 1 is 0.692 bits per heavy atom. The molecule has 0 heterocycles.